The molecule has 262 valence electrons. The van der Waals surface area contributed by atoms with Crippen LogP contribution in [0.2, 0.25) is 0 Å². The molecule has 1 N–H and O–H groups in total. The van der Waals surface area contributed by atoms with Crippen molar-refractivity contribution in [2.24, 2.45) is 11.8 Å². The quantitative estimate of drug-likeness (QED) is 0.0824. The van der Waals surface area contributed by atoms with E-state index in [1.165, 1.54) is 112 Å². The van der Waals surface area contributed by atoms with E-state index in [1.807, 2.05) is 6.92 Å². The molecule has 0 heterocycles. The third-order valence-electron chi connectivity index (χ3n) is 9.33. The first kappa shape index (κ1) is 40.3. The molecule has 0 aliphatic carbocycles. The zero-order valence-corrected chi connectivity index (χ0v) is 31.7. The molecule has 0 saturated heterocycles. The summed E-state index contributed by atoms with van der Waals surface area (Å²) >= 11 is 0. The largest absolute Gasteiger partial charge is 0.465 e. The molecule has 0 amide bonds. The molecule has 0 fully saturated rings. The van der Waals surface area contributed by atoms with Crippen LogP contribution in [0.15, 0.2) is 42.5 Å². The van der Waals surface area contributed by atoms with Gasteiger partial charge in [-0.05, 0) is 93.7 Å². The van der Waals surface area contributed by atoms with Gasteiger partial charge in [0.2, 0.25) is 0 Å². The Labute approximate surface area is 286 Å². The van der Waals surface area contributed by atoms with E-state index in [1.54, 1.807) is 0 Å². The van der Waals surface area contributed by atoms with Gasteiger partial charge in [0.1, 0.15) is 5.75 Å². The maximum atomic E-state index is 6.54. The molecule has 2 aromatic rings. The van der Waals surface area contributed by atoms with Crippen molar-refractivity contribution in [3.63, 3.8) is 0 Å². The molecular formula is C43H73NO2. The third kappa shape index (κ3) is 15.8. The second-order valence-corrected chi connectivity index (χ2v) is 15.3. The summed E-state index contributed by atoms with van der Waals surface area (Å²) in [6.45, 7) is 21.3. The average Bonchev–Trinajstić information content (AvgIpc) is 3.00. The number of hydrogen-bond acceptors (Lipinski definition) is 3. The van der Waals surface area contributed by atoms with Crippen LogP contribution in [0.1, 0.15) is 181 Å². The molecule has 46 heavy (non-hydrogen) atoms. The van der Waals surface area contributed by atoms with Gasteiger partial charge >= 0.3 is 0 Å². The van der Waals surface area contributed by atoms with Gasteiger partial charge in [-0.3, -0.25) is 0 Å². The van der Waals surface area contributed by atoms with Crippen molar-refractivity contribution in [1.82, 2.24) is 5.32 Å². The average molecular weight is 636 g/mol. The number of hydrogen-bond donors (Lipinski definition) is 1. The summed E-state index contributed by atoms with van der Waals surface area (Å²) < 4.78 is 13.0. The standard InChI is InChI=1S/C43H73NO2/c1-10-11-12-13-14-15-16-17-18-19-20-21-22-25-31-44-43(8,9)41-29-24-23-28-39(41)36(6)45-37(7)46-42-30-26-27-38(32-34(2)3)40(42)33-35(4)5/h23-24,26-30,34-37,44H,10-22,25,31-33H2,1-9H3. The Morgan fingerprint density at radius 3 is 1.74 bits per heavy atom. The summed E-state index contributed by atoms with van der Waals surface area (Å²) in [7, 11) is 0. The fourth-order valence-electron chi connectivity index (χ4n) is 6.80. The van der Waals surface area contributed by atoms with Crippen LogP contribution >= 0.6 is 0 Å². The second kappa shape index (κ2) is 22.7. The molecule has 0 bridgehead atoms. The lowest BCUT2D eigenvalue weighted by Gasteiger charge is -2.32. The van der Waals surface area contributed by atoms with Gasteiger partial charge < -0.3 is 14.8 Å². The van der Waals surface area contributed by atoms with Crippen molar-refractivity contribution < 1.29 is 9.47 Å². The maximum absolute atomic E-state index is 6.54. The summed E-state index contributed by atoms with van der Waals surface area (Å²) in [6, 6.07) is 15.3. The molecule has 3 nitrogen and oxygen atoms in total. The molecule has 0 aliphatic heterocycles. The molecule has 2 rings (SSSR count). The molecule has 0 aromatic heterocycles. The molecule has 0 saturated carbocycles. The predicted octanol–water partition coefficient (Wildman–Crippen LogP) is 12.9. The Bertz CT molecular complexity index is 1060. The minimum absolute atomic E-state index is 0.0827. The summed E-state index contributed by atoms with van der Waals surface area (Å²) in [6.07, 6.45) is 21.2. The van der Waals surface area contributed by atoms with Gasteiger partial charge in [-0.1, -0.05) is 154 Å². The maximum Gasteiger partial charge on any atom is 0.197 e. The molecule has 0 aliphatic rings. The Morgan fingerprint density at radius 2 is 1.17 bits per heavy atom. The number of benzene rings is 2. The Balaban J connectivity index is 1.81. The Morgan fingerprint density at radius 1 is 0.630 bits per heavy atom. The molecule has 2 atom stereocenters. The number of nitrogens with one attached hydrogen (secondary N) is 1. The molecular weight excluding hydrogens is 562 g/mol. The topological polar surface area (TPSA) is 30.5 Å². The van der Waals surface area contributed by atoms with Gasteiger partial charge in [0.25, 0.3) is 0 Å². The SMILES string of the molecule is CCCCCCCCCCCCCCCCNC(C)(C)c1ccccc1C(C)OC(C)Oc1cccc(CC(C)C)c1CC(C)C. The van der Waals surface area contributed by atoms with E-state index in [-0.39, 0.29) is 17.9 Å². The summed E-state index contributed by atoms with van der Waals surface area (Å²) in [5, 5.41) is 3.87. The minimum Gasteiger partial charge on any atom is -0.465 e. The van der Waals surface area contributed by atoms with E-state index in [4.69, 9.17) is 9.47 Å². The number of ether oxygens (including phenoxy) is 2. The van der Waals surface area contributed by atoms with Crippen molar-refractivity contribution in [3.8, 4) is 5.75 Å². The van der Waals surface area contributed by atoms with Crippen LogP contribution in [-0.2, 0) is 23.1 Å². The smallest absolute Gasteiger partial charge is 0.197 e. The van der Waals surface area contributed by atoms with E-state index in [9.17, 15) is 0 Å². The Kier molecular flexibility index (Phi) is 19.9. The number of rotatable bonds is 26. The zero-order valence-electron chi connectivity index (χ0n) is 31.7. The van der Waals surface area contributed by atoms with Crippen LogP contribution in [0.5, 0.6) is 5.75 Å². The van der Waals surface area contributed by atoms with E-state index < -0.39 is 0 Å². The van der Waals surface area contributed by atoms with E-state index in [0.717, 1.165) is 25.1 Å². The van der Waals surface area contributed by atoms with Crippen molar-refractivity contribution in [2.75, 3.05) is 6.54 Å². The molecule has 3 heteroatoms. The van der Waals surface area contributed by atoms with Crippen LogP contribution in [0.3, 0.4) is 0 Å². The van der Waals surface area contributed by atoms with Gasteiger partial charge in [0.05, 0.1) is 6.10 Å². The van der Waals surface area contributed by atoms with E-state index in [0.29, 0.717) is 11.8 Å². The van der Waals surface area contributed by atoms with Crippen LogP contribution in [0.25, 0.3) is 0 Å². The van der Waals surface area contributed by atoms with Crippen molar-refractivity contribution in [3.05, 3.63) is 64.7 Å². The van der Waals surface area contributed by atoms with Crippen molar-refractivity contribution in [1.29, 1.82) is 0 Å². The molecule has 2 unspecified atom stereocenters. The minimum atomic E-state index is -0.352. The van der Waals surface area contributed by atoms with Gasteiger partial charge in [-0.2, -0.15) is 0 Å². The summed E-state index contributed by atoms with van der Waals surface area (Å²) in [5.74, 6) is 2.14. The fraction of sp³-hybridized carbons (Fsp3) is 0.721. The van der Waals surface area contributed by atoms with Gasteiger partial charge in [-0.25, -0.2) is 0 Å². The first-order chi connectivity index (χ1) is 22.0. The van der Waals surface area contributed by atoms with E-state index >= 15 is 0 Å². The third-order valence-corrected chi connectivity index (χ3v) is 9.33. The molecule has 2 aromatic carbocycles. The first-order valence-electron chi connectivity index (χ1n) is 19.3. The van der Waals surface area contributed by atoms with Crippen LogP contribution < -0.4 is 10.1 Å². The highest BCUT2D eigenvalue weighted by Crippen LogP contribution is 2.33. The lowest BCUT2D eigenvalue weighted by Crippen LogP contribution is -2.38. The number of unbranched alkanes of at least 4 members (excludes halogenated alkanes) is 13. The lowest BCUT2D eigenvalue weighted by atomic mass is 9.88. The fourth-order valence-corrected chi connectivity index (χ4v) is 6.80. The van der Waals surface area contributed by atoms with Crippen LogP contribution in [-0.4, -0.2) is 12.8 Å². The van der Waals surface area contributed by atoms with Crippen LogP contribution in [0, 0.1) is 11.8 Å². The second-order valence-electron chi connectivity index (χ2n) is 15.3. The normalized spacial score (nSPS) is 13.5. The monoisotopic (exact) mass is 636 g/mol. The first-order valence-corrected chi connectivity index (χ1v) is 19.3. The highest BCUT2D eigenvalue weighted by atomic mass is 16.7. The van der Waals surface area contributed by atoms with Crippen LogP contribution in [0.4, 0.5) is 0 Å². The Hall–Kier alpha value is -1.84. The van der Waals surface area contributed by atoms with Gasteiger partial charge in [0.15, 0.2) is 6.29 Å². The zero-order chi connectivity index (χ0) is 33.8. The van der Waals surface area contributed by atoms with Crippen molar-refractivity contribution >= 4 is 0 Å². The summed E-state index contributed by atoms with van der Waals surface area (Å²) in [4.78, 5) is 0. The summed E-state index contributed by atoms with van der Waals surface area (Å²) in [5.41, 5.74) is 5.14. The van der Waals surface area contributed by atoms with Gasteiger partial charge in [0, 0.05) is 5.54 Å². The highest BCUT2D eigenvalue weighted by Gasteiger charge is 2.26. The van der Waals surface area contributed by atoms with E-state index in [2.05, 4.69) is 103 Å². The predicted molar refractivity (Wildman–Crippen MR) is 201 cm³/mol. The molecule has 0 spiro atoms. The highest BCUT2D eigenvalue weighted by molar-refractivity contribution is 5.41. The van der Waals surface area contributed by atoms with Gasteiger partial charge in [-0.15, -0.1) is 0 Å². The lowest BCUT2D eigenvalue weighted by molar-refractivity contribution is -0.104. The molecule has 0 radical (unpaired) electrons. The van der Waals surface area contributed by atoms with Crippen molar-refractivity contribution in [2.45, 2.75) is 183 Å².